The Labute approximate surface area is 161 Å². The van der Waals surface area contributed by atoms with Crippen molar-refractivity contribution >= 4 is 5.91 Å². The number of nitrogens with zero attached hydrogens (tertiary/aromatic N) is 3. The van der Waals surface area contributed by atoms with E-state index in [9.17, 15) is 4.79 Å². The van der Waals surface area contributed by atoms with Crippen LogP contribution >= 0.6 is 0 Å². The topological polar surface area (TPSA) is 110 Å². The predicted octanol–water partition coefficient (Wildman–Crippen LogP) is 3.36. The normalized spacial score (nSPS) is 10.9. The molecule has 4 aromatic rings. The van der Waals surface area contributed by atoms with E-state index in [1.165, 1.54) is 0 Å². The minimum Gasteiger partial charge on any atom is -0.461 e. The number of aromatic amines is 1. The van der Waals surface area contributed by atoms with E-state index in [0.717, 1.165) is 16.8 Å². The predicted molar refractivity (Wildman–Crippen MR) is 101 cm³/mol. The lowest BCUT2D eigenvalue weighted by molar-refractivity contribution is -0.121. The fraction of sp³-hybridized carbons (Fsp3) is 0.200. The van der Waals surface area contributed by atoms with Gasteiger partial charge in [-0.15, -0.1) is 0 Å². The van der Waals surface area contributed by atoms with Gasteiger partial charge in [-0.05, 0) is 24.1 Å². The van der Waals surface area contributed by atoms with E-state index in [4.69, 9.17) is 8.94 Å². The van der Waals surface area contributed by atoms with E-state index in [-0.39, 0.29) is 5.91 Å². The summed E-state index contributed by atoms with van der Waals surface area (Å²) in [6, 6.07) is 13.4. The number of aromatic nitrogens is 4. The molecule has 1 aromatic carbocycles. The van der Waals surface area contributed by atoms with Gasteiger partial charge in [0.15, 0.2) is 5.76 Å². The molecule has 0 atom stereocenters. The van der Waals surface area contributed by atoms with E-state index >= 15 is 0 Å². The molecular formula is C20H19N5O3. The van der Waals surface area contributed by atoms with Crippen LogP contribution in [0.5, 0.6) is 0 Å². The molecule has 0 aliphatic heterocycles. The molecule has 0 bridgehead atoms. The Balaban J connectivity index is 1.24. The summed E-state index contributed by atoms with van der Waals surface area (Å²) in [5.74, 6) is 1.42. The highest BCUT2D eigenvalue weighted by Crippen LogP contribution is 2.20. The molecule has 0 fully saturated rings. The van der Waals surface area contributed by atoms with E-state index in [2.05, 4.69) is 25.7 Å². The molecule has 28 heavy (non-hydrogen) atoms. The monoisotopic (exact) mass is 377 g/mol. The lowest BCUT2D eigenvalue weighted by Gasteiger charge is -2.06. The minimum absolute atomic E-state index is 0.0361. The summed E-state index contributed by atoms with van der Waals surface area (Å²) in [7, 11) is 0. The maximum absolute atomic E-state index is 12.1. The SMILES string of the molecule is O=C(CCCc1nc(-c2ccco2)no1)NCc1cn[nH]c1-c1ccccc1. The summed E-state index contributed by atoms with van der Waals surface area (Å²) >= 11 is 0. The molecule has 8 heteroatoms. The fourth-order valence-electron chi connectivity index (χ4n) is 2.84. The first kappa shape index (κ1) is 17.7. The number of hydrogen-bond donors (Lipinski definition) is 2. The van der Waals surface area contributed by atoms with E-state index in [1.807, 2.05) is 30.3 Å². The smallest absolute Gasteiger partial charge is 0.238 e. The number of carbonyl (C=O) groups excluding carboxylic acids is 1. The molecule has 8 nitrogen and oxygen atoms in total. The first-order chi connectivity index (χ1) is 13.8. The summed E-state index contributed by atoms with van der Waals surface area (Å²) in [6.45, 7) is 0.419. The Bertz CT molecular complexity index is 1020. The Hall–Kier alpha value is -3.68. The van der Waals surface area contributed by atoms with Crippen molar-refractivity contribution in [2.45, 2.75) is 25.8 Å². The summed E-state index contributed by atoms with van der Waals surface area (Å²) < 4.78 is 10.4. The van der Waals surface area contributed by atoms with Crippen molar-refractivity contribution in [3.8, 4) is 22.8 Å². The third-order valence-electron chi connectivity index (χ3n) is 4.26. The molecule has 3 aromatic heterocycles. The van der Waals surface area contributed by atoms with Crippen molar-refractivity contribution in [3.63, 3.8) is 0 Å². The maximum atomic E-state index is 12.1. The number of rotatable bonds is 8. The van der Waals surface area contributed by atoms with Crippen molar-refractivity contribution in [3.05, 3.63) is 66.4 Å². The van der Waals surface area contributed by atoms with Gasteiger partial charge in [-0.25, -0.2) is 0 Å². The quantitative estimate of drug-likeness (QED) is 0.487. The van der Waals surface area contributed by atoms with Crippen LogP contribution in [0.3, 0.4) is 0 Å². The molecule has 0 saturated heterocycles. The van der Waals surface area contributed by atoms with Crippen molar-refractivity contribution in [2.24, 2.45) is 0 Å². The first-order valence-corrected chi connectivity index (χ1v) is 9.00. The average molecular weight is 377 g/mol. The third kappa shape index (κ3) is 4.17. The summed E-state index contributed by atoms with van der Waals surface area (Å²) in [6.07, 6.45) is 4.80. The lowest BCUT2D eigenvalue weighted by atomic mass is 10.1. The number of H-pyrrole nitrogens is 1. The number of carbonyl (C=O) groups is 1. The average Bonchev–Trinajstić information content (AvgIpc) is 3.48. The molecule has 2 N–H and O–H groups in total. The second-order valence-corrected chi connectivity index (χ2v) is 6.26. The van der Waals surface area contributed by atoms with Gasteiger partial charge in [-0.3, -0.25) is 9.89 Å². The van der Waals surface area contributed by atoms with Crippen molar-refractivity contribution in [1.82, 2.24) is 25.7 Å². The van der Waals surface area contributed by atoms with Crippen LogP contribution in [0.15, 0.2) is 63.9 Å². The molecule has 0 radical (unpaired) electrons. The number of furan rings is 1. The molecule has 0 unspecified atom stereocenters. The zero-order valence-electron chi connectivity index (χ0n) is 15.1. The van der Waals surface area contributed by atoms with Crippen LogP contribution in [0.2, 0.25) is 0 Å². The Morgan fingerprint density at radius 2 is 2.04 bits per heavy atom. The second-order valence-electron chi connectivity index (χ2n) is 6.26. The van der Waals surface area contributed by atoms with Gasteiger partial charge in [0.25, 0.3) is 0 Å². The minimum atomic E-state index is -0.0361. The highest BCUT2D eigenvalue weighted by Gasteiger charge is 2.12. The van der Waals surface area contributed by atoms with Crippen LogP contribution in [0.1, 0.15) is 24.3 Å². The highest BCUT2D eigenvalue weighted by atomic mass is 16.5. The van der Waals surface area contributed by atoms with Gasteiger partial charge in [0.2, 0.25) is 17.6 Å². The fourth-order valence-corrected chi connectivity index (χ4v) is 2.84. The molecule has 0 saturated carbocycles. The van der Waals surface area contributed by atoms with Crippen LogP contribution in [0.25, 0.3) is 22.8 Å². The lowest BCUT2D eigenvalue weighted by Crippen LogP contribution is -2.22. The summed E-state index contributed by atoms with van der Waals surface area (Å²) in [5, 5.41) is 13.9. The van der Waals surface area contributed by atoms with Crippen molar-refractivity contribution < 1.29 is 13.7 Å². The third-order valence-corrected chi connectivity index (χ3v) is 4.26. The number of nitrogens with one attached hydrogen (secondary N) is 2. The molecule has 0 aliphatic rings. The number of hydrogen-bond acceptors (Lipinski definition) is 6. The van der Waals surface area contributed by atoms with Gasteiger partial charge in [-0.2, -0.15) is 10.1 Å². The van der Waals surface area contributed by atoms with Crippen molar-refractivity contribution in [1.29, 1.82) is 0 Å². The molecule has 0 aliphatic carbocycles. The van der Waals surface area contributed by atoms with E-state index in [1.54, 1.807) is 24.6 Å². The van der Waals surface area contributed by atoms with Crippen LogP contribution in [-0.2, 0) is 17.8 Å². The molecule has 0 spiro atoms. The molecule has 142 valence electrons. The van der Waals surface area contributed by atoms with Crippen LogP contribution in [0.4, 0.5) is 0 Å². The first-order valence-electron chi connectivity index (χ1n) is 9.00. The molecule has 1 amide bonds. The van der Waals surface area contributed by atoms with Gasteiger partial charge in [0, 0.05) is 24.9 Å². The Morgan fingerprint density at radius 3 is 2.86 bits per heavy atom. The second kappa shape index (κ2) is 8.34. The summed E-state index contributed by atoms with van der Waals surface area (Å²) in [5.41, 5.74) is 2.89. The van der Waals surface area contributed by atoms with Crippen LogP contribution in [0, 0.1) is 0 Å². The van der Waals surface area contributed by atoms with E-state index in [0.29, 0.717) is 43.3 Å². The van der Waals surface area contributed by atoms with Gasteiger partial charge in [0.1, 0.15) is 0 Å². The Kier molecular flexibility index (Phi) is 5.28. The standard InChI is InChI=1S/C20H19N5O3/c26-17(9-4-10-18-23-20(25-28-18)16-8-5-11-27-16)21-12-15-13-22-24-19(15)14-6-2-1-3-7-14/h1-3,5-8,11,13H,4,9-10,12H2,(H,21,26)(H,22,24). The van der Waals surface area contributed by atoms with Gasteiger partial charge in [0.05, 0.1) is 18.2 Å². The van der Waals surface area contributed by atoms with Gasteiger partial charge < -0.3 is 14.3 Å². The highest BCUT2D eigenvalue weighted by molar-refractivity contribution is 5.76. The molecule has 3 heterocycles. The largest absolute Gasteiger partial charge is 0.461 e. The number of amides is 1. The van der Waals surface area contributed by atoms with Crippen LogP contribution < -0.4 is 5.32 Å². The Morgan fingerprint density at radius 1 is 1.14 bits per heavy atom. The maximum Gasteiger partial charge on any atom is 0.238 e. The van der Waals surface area contributed by atoms with Crippen LogP contribution in [-0.4, -0.2) is 26.2 Å². The van der Waals surface area contributed by atoms with Gasteiger partial charge >= 0.3 is 0 Å². The summed E-state index contributed by atoms with van der Waals surface area (Å²) in [4.78, 5) is 16.4. The van der Waals surface area contributed by atoms with Crippen molar-refractivity contribution in [2.75, 3.05) is 0 Å². The zero-order chi connectivity index (χ0) is 19.2. The van der Waals surface area contributed by atoms with E-state index < -0.39 is 0 Å². The van der Waals surface area contributed by atoms with Gasteiger partial charge in [-0.1, -0.05) is 35.5 Å². The molecular weight excluding hydrogens is 358 g/mol. The molecule has 4 rings (SSSR count). The number of aryl methyl sites for hydroxylation is 1. The number of benzene rings is 1. The zero-order valence-corrected chi connectivity index (χ0v) is 15.1.